The Morgan fingerprint density at radius 2 is 1.56 bits per heavy atom. The van der Waals surface area contributed by atoms with E-state index in [1.807, 2.05) is 0 Å². The second-order valence-electron chi connectivity index (χ2n) is 10.3. The van der Waals surface area contributed by atoms with Crippen molar-refractivity contribution in [3.63, 3.8) is 0 Å². The zero-order valence-electron chi connectivity index (χ0n) is 20.0. The van der Waals surface area contributed by atoms with Crippen LogP contribution in [0.4, 0.5) is 22.0 Å². The number of carboxylic acid groups (broad SMARTS) is 1. The predicted octanol–water partition coefficient (Wildman–Crippen LogP) is 5.18. The molecule has 0 unspecified atom stereocenters. The van der Waals surface area contributed by atoms with E-state index in [9.17, 15) is 36.6 Å². The highest BCUT2D eigenvalue weighted by Crippen LogP contribution is 2.67. The molecule has 200 valence electrons. The van der Waals surface area contributed by atoms with Crippen molar-refractivity contribution >= 4 is 22.9 Å². The van der Waals surface area contributed by atoms with Crippen molar-refractivity contribution in [2.75, 3.05) is 0 Å². The third-order valence-electron chi connectivity index (χ3n) is 7.53. The Balaban J connectivity index is 1.39. The van der Waals surface area contributed by atoms with Crippen LogP contribution in [0.5, 0.6) is 0 Å². The van der Waals surface area contributed by atoms with Gasteiger partial charge in [0.2, 0.25) is 0 Å². The molecule has 1 amide bonds. The molecule has 0 atom stereocenters. The van der Waals surface area contributed by atoms with Gasteiger partial charge in [-0.15, -0.1) is 5.10 Å². The van der Waals surface area contributed by atoms with E-state index in [0.29, 0.717) is 30.4 Å². The molecule has 7 rings (SSSR count). The van der Waals surface area contributed by atoms with Gasteiger partial charge >= 0.3 is 12.1 Å². The van der Waals surface area contributed by atoms with E-state index in [0.717, 1.165) is 30.3 Å². The van der Waals surface area contributed by atoms with Crippen molar-refractivity contribution < 1.29 is 36.6 Å². The van der Waals surface area contributed by atoms with Gasteiger partial charge in [-0.2, -0.15) is 13.2 Å². The number of carbonyl (C=O) groups excluding carboxylic acids is 1. The molecule has 12 heteroatoms. The van der Waals surface area contributed by atoms with E-state index in [1.165, 1.54) is 28.9 Å². The van der Waals surface area contributed by atoms with Gasteiger partial charge in [0.25, 0.3) is 5.91 Å². The molecule has 7 nitrogen and oxygen atoms in total. The molecule has 2 N–H and O–H groups in total. The molecule has 39 heavy (non-hydrogen) atoms. The number of alkyl halides is 3. The Bertz CT molecular complexity index is 1620. The number of nitrogens with one attached hydrogen (secondary N) is 1. The van der Waals surface area contributed by atoms with Crippen LogP contribution in [0.3, 0.4) is 0 Å². The largest absolute Gasteiger partial charge is 0.481 e. The summed E-state index contributed by atoms with van der Waals surface area (Å²) in [4.78, 5) is 25.0. The molecule has 4 aromatic rings. The second kappa shape index (κ2) is 8.32. The number of aliphatic carboxylic acids is 1. The van der Waals surface area contributed by atoms with Crippen molar-refractivity contribution in [3.8, 4) is 11.1 Å². The fourth-order valence-corrected chi connectivity index (χ4v) is 5.71. The number of carboxylic acids is 1. The van der Waals surface area contributed by atoms with E-state index < -0.39 is 46.2 Å². The summed E-state index contributed by atoms with van der Waals surface area (Å²) in [6.07, 6.45) is -3.61. The highest BCUT2D eigenvalue weighted by atomic mass is 19.4. The first kappa shape index (κ1) is 25.0. The molecule has 1 heterocycles. The first-order chi connectivity index (χ1) is 18.4. The minimum atomic E-state index is -4.49. The SMILES string of the molecule is O=C(NC12CC(C(=O)O)(C1)C2)c1cc(-c2cc(F)cc(F)c2)cc2nnn(Cc3ccc(C(F)(F)F)cc3)c12. The summed E-state index contributed by atoms with van der Waals surface area (Å²) in [6.45, 7) is -0.00384. The maximum atomic E-state index is 13.9. The molecule has 3 aromatic carbocycles. The lowest BCUT2D eigenvalue weighted by Crippen LogP contribution is -2.77. The van der Waals surface area contributed by atoms with Crippen molar-refractivity contribution in [2.24, 2.45) is 5.41 Å². The van der Waals surface area contributed by atoms with Crippen LogP contribution in [0.2, 0.25) is 0 Å². The molecular formula is C27H19F5N4O3. The summed E-state index contributed by atoms with van der Waals surface area (Å²) in [5, 5.41) is 20.5. The molecule has 0 aliphatic heterocycles. The summed E-state index contributed by atoms with van der Waals surface area (Å²) in [7, 11) is 0. The van der Waals surface area contributed by atoms with Crippen molar-refractivity contribution in [3.05, 3.63) is 82.9 Å². The first-order valence-corrected chi connectivity index (χ1v) is 11.9. The zero-order chi connectivity index (χ0) is 27.7. The number of carbonyl (C=O) groups is 2. The molecule has 3 fully saturated rings. The quantitative estimate of drug-likeness (QED) is 0.328. The number of amides is 1. The molecule has 0 spiro atoms. The van der Waals surface area contributed by atoms with E-state index in [1.54, 1.807) is 0 Å². The summed E-state index contributed by atoms with van der Waals surface area (Å²) in [5.41, 5.74) is -0.772. The summed E-state index contributed by atoms with van der Waals surface area (Å²) >= 11 is 0. The topological polar surface area (TPSA) is 97.1 Å². The minimum absolute atomic E-state index is 0.00384. The van der Waals surface area contributed by atoms with Crippen LogP contribution in [0.25, 0.3) is 22.2 Å². The van der Waals surface area contributed by atoms with Crippen LogP contribution in [0.15, 0.2) is 54.6 Å². The Labute approximate surface area is 217 Å². The highest BCUT2D eigenvalue weighted by molar-refractivity contribution is 6.07. The Kier molecular flexibility index (Phi) is 5.33. The van der Waals surface area contributed by atoms with Crippen LogP contribution < -0.4 is 5.32 Å². The first-order valence-electron chi connectivity index (χ1n) is 11.9. The lowest BCUT2D eigenvalue weighted by atomic mass is 9.39. The molecule has 2 bridgehead atoms. The molecule has 0 radical (unpaired) electrons. The monoisotopic (exact) mass is 542 g/mol. The number of hydrogen-bond acceptors (Lipinski definition) is 4. The number of halogens is 5. The van der Waals surface area contributed by atoms with Crippen LogP contribution in [-0.2, 0) is 17.5 Å². The fraction of sp³-hybridized carbons (Fsp3) is 0.259. The maximum absolute atomic E-state index is 13.9. The number of hydrogen-bond donors (Lipinski definition) is 2. The van der Waals surface area contributed by atoms with Crippen LogP contribution in [-0.4, -0.2) is 37.5 Å². The minimum Gasteiger partial charge on any atom is -0.481 e. The third-order valence-corrected chi connectivity index (χ3v) is 7.53. The normalized spacial score (nSPS) is 21.8. The summed E-state index contributed by atoms with van der Waals surface area (Å²) in [6, 6.07) is 10.4. The number of rotatable bonds is 6. The zero-order valence-corrected chi connectivity index (χ0v) is 20.0. The van der Waals surface area contributed by atoms with E-state index in [4.69, 9.17) is 0 Å². The Morgan fingerprint density at radius 3 is 2.15 bits per heavy atom. The van der Waals surface area contributed by atoms with E-state index >= 15 is 0 Å². The van der Waals surface area contributed by atoms with Gasteiger partial charge in [0.1, 0.15) is 22.7 Å². The third kappa shape index (κ3) is 4.19. The molecule has 3 aliphatic rings. The van der Waals surface area contributed by atoms with Gasteiger partial charge in [0.05, 0.1) is 23.1 Å². The number of fused-ring (bicyclic) bond motifs is 1. The van der Waals surface area contributed by atoms with Gasteiger partial charge in [0, 0.05) is 11.6 Å². The summed E-state index contributed by atoms with van der Waals surface area (Å²) < 4.78 is 68.2. The second-order valence-corrected chi connectivity index (χ2v) is 10.3. The van der Waals surface area contributed by atoms with Gasteiger partial charge in [-0.05, 0) is 72.4 Å². The molecular weight excluding hydrogens is 523 g/mol. The molecule has 1 aromatic heterocycles. The fourth-order valence-electron chi connectivity index (χ4n) is 5.71. The lowest BCUT2D eigenvalue weighted by Gasteiger charge is -2.67. The number of benzene rings is 3. The van der Waals surface area contributed by atoms with E-state index in [-0.39, 0.29) is 28.7 Å². The van der Waals surface area contributed by atoms with Crippen molar-refractivity contribution in [1.82, 2.24) is 20.3 Å². The van der Waals surface area contributed by atoms with Crippen molar-refractivity contribution in [1.29, 1.82) is 0 Å². The highest BCUT2D eigenvalue weighted by Gasteiger charge is 2.72. The van der Waals surface area contributed by atoms with Crippen LogP contribution in [0.1, 0.15) is 40.7 Å². The number of aromatic nitrogens is 3. The lowest BCUT2D eigenvalue weighted by molar-refractivity contribution is -0.196. The average Bonchev–Trinajstić information content (AvgIpc) is 3.21. The molecule has 3 aliphatic carbocycles. The van der Waals surface area contributed by atoms with E-state index in [2.05, 4.69) is 15.6 Å². The van der Waals surface area contributed by atoms with Crippen LogP contribution in [0, 0.1) is 17.0 Å². The van der Waals surface area contributed by atoms with Gasteiger partial charge in [0.15, 0.2) is 0 Å². The summed E-state index contributed by atoms with van der Waals surface area (Å²) in [5.74, 6) is -3.08. The average molecular weight is 542 g/mol. The standard InChI is InChI=1S/C27H19F5N4O3/c28-18-5-15(6-19(29)9-18)16-7-20(23(37)33-26-11-25(12-26,13-26)24(38)39)22-21(8-16)34-35-36(22)10-14-1-3-17(4-2-14)27(30,31)32/h1-9H,10-13H2,(H,33,37)(H,38,39). The smallest absolute Gasteiger partial charge is 0.416 e. The maximum Gasteiger partial charge on any atom is 0.416 e. The van der Waals surface area contributed by atoms with Gasteiger partial charge in [-0.3, -0.25) is 9.59 Å². The number of nitrogens with zero attached hydrogens (tertiary/aromatic N) is 3. The molecule has 3 saturated carbocycles. The molecule has 0 saturated heterocycles. The van der Waals surface area contributed by atoms with Gasteiger partial charge in [-0.1, -0.05) is 17.3 Å². The van der Waals surface area contributed by atoms with Gasteiger partial charge in [-0.25, -0.2) is 13.5 Å². The Hall–Kier alpha value is -4.35. The van der Waals surface area contributed by atoms with Crippen LogP contribution >= 0.6 is 0 Å². The Morgan fingerprint density at radius 1 is 0.949 bits per heavy atom. The van der Waals surface area contributed by atoms with Gasteiger partial charge < -0.3 is 10.4 Å². The van der Waals surface area contributed by atoms with Crippen molar-refractivity contribution in [2.45, 2.75) is 37.5 Å². The predicted molar refractivity (Wildman–Crippen MR) is 128 cm³/mol.